The highest BCUT2D eigenvalue weighted by Crippen LogP contribution is 2.55. The predicted molar refractivity (Wildman–Crippen MR) is 216 cm³/mol. The molecule has 7 heterocycles. The Balaban J connectivity index is 0.000000145. The van der Waals surface area contributed by atoms with Crippen LogP contribution in [0.3, 0.4) is 0 Å². The highest BCUT2D eigenvalue weighted by Gasteiger charge is 2.57. The molecule has 4 atom stereocenters. The van der Waals surface area contributed by atoms with Crippen LogP contribution in [0.5, 0.6) is 23.0 Å². The number of carbonyl (C=O) groups is 1. The first-order valence-electron chi connectivity index (χ1n) is 20.4. The second kappa shape index (κ2) is 14.7. The number of aliphatic hydroxyl groups excluding tert-OH is 1. The molecule has 3 unspecified atom stereocenters. The van der Waals surface area contributed by atoms with E-state index in [0.29, 0.717) is 36.8 Å². The van der Waals surface area contributed by atoms with Crippen molar-refractivity contribution in [1.82, 2.24) is 4.98 Å². The standard InChI is InChI=1S/C26H26N2O3.C21H18F3NO4/c1-18(30-15-20-6-4-5-10-27-20)14-28-16-26(21-7-2-3-8-23(21)28)17-31-25-13-24-19(9-11-29-24)12-22(25)26;22-21(23,24)18(26)5-7-25-15-4-2-1-3-13(15)20(19(25)27)11-29-17-10-16-12(6-8-28-16)9-14(17)20/h2-8,10,12-13,18H,9,11,14-17H2,1H3;1-4,9-10,18,26H,5-8,11H2/t18-,26?;/m0./s1. The number of ether oxygens (including phenoxy) is 5. The summed E-state index contributed by atoms with van der Waals surface area (Å²) in [6, 6.07) is 29.9. The van der Waals surface area contributed by atoms with Gasteiger partial charge >= 0.3 is 6.18 Å². The molecule has 1 aromatic heterocycles. The molecule has 6 aliphatic heterocycles. The van der Waals surface area contributed by atoms with Gasteiger partial charge in [-0.2, -0.15) is 13.2 Å². The smallest absolute Gasteiger partial charge is 0.414 e. The van der Waals surface area contributed by atoms with Gasteiger partial charge < -0.3 is 38.6 Å². The Bertz CT molecular complexity index is 2470. The highest BCUT2D eigenvalue weighted by molar-refractivity contribution is 6.11. The summed E-state index contributed by atoms with van der Waals surface area (Å²) in [5, 5.41) is 9.40. The van der Waals surface area contributed by atoms with Crippen LogP contribution in [0.15, 0.2) is 97.2 Å². The van der Waals surface area contributed by atoms with Gasteiger partial charge in [0.15, 0.2) is 6.10 Å². The van der Waals surface area contributed by atoms with Crippen LogP contribution in [0, 0.1) is 0 Å². The molecule has 4 aromatic carbocycles. The zero-order valence-electron chi connectivity index (χ0n) is 33.0. The lowest BCUT2D eigenvalue weighted by molar-refractivity contribution is -0.204. The topological polar surface area (TPSA) is 103 Å². The van der Waals surface area contributed by atoms with Crippen LogP contribution in [0.25, 0.3) is 0 Å². The molecule has 0 saturated heterocycles. The zero-order chi connectivity index (χ0) is 41.2. The normalized spacial score (nSPS) is 22.1. The number of alkyl halides is 3. The van der Waals surface area contributed by atoms with E-state index in [2.05, 4.69) is 53.2 Å². The number of benzene rings is 4. The van der Waals surface area contributed by atoms with Crippen molar-refractivity contribution < 1.29 is 46.8 Å². The van der Waals surface area contributed by atoms with E-state index >= 15 is 0 Å². The van der Waals surface area contributed by atoms with Gasteiger partial charge in [-0.05, 0) is 65.6 Å². The zero-order valence-corrected chi connectivity index (χ0v) is 33.0. The molecule has 6 aliphatic rings. The summed E-state index contributed by atoms with van der Waals surface area (Å²) in [4.78, 5) is 21.7. The van der Waals surface area contributed by atoms with Gasteiger partial charge in [-0.3, -0.25) is 9.78 Å². The van der Waals surface area contributed by atoms with Gasteiger partial charge in [0, 0.05) is 79.7 Å². The SMILES string of the molecule is C[C@@H](CN1CC2(COc3cc4c(cc32)CCO4)c2ccccc21)OCc1ccccn1.O=C1N(CCC(O)C(F)(F)F)c2ccccc2C12COc1cc3c(cc12)CCO3. The van der Waals surface area contributed by atoms with Crippen molar-refractivity contribution in [2.24, 2.45) is 0 Å². The van der Waals surface area contributed by atoms with Crippen LogP contribution in [-0.2, 0) is 39.8 Å². The van der Waals surface area contributed by atoms with Crippen molar-refractivity contribution in [2.45, 2.75) is 62.0 Å². The molecule has 0 saturated carbocycles. The third-order valence-electron chi connectivity index (χ3n) is 12.7. The molecule has 1 amide bonds. The van der Waals surface area contributed by atoms with Gasteiger partial charge in [0.2, 0.25) is 5.91 Å². The van der Waals surface area contributed by atoms with Gasteiger partial charge in [-0.25, -0.2) is 0 Å². The monoisotopic (exact) mass is 819 g/mol. The minimum absolute atomic E-state index is 0.0827. The maximum atomic E-state index is 13.6. The average molecular weight is 820 g/mol. The summed E-state index contributed by atoms with van der Waals surface area (Å²) in [7, 11) is 0. The van der Waals surface area contributed by atoms with Crippen molar-refractivity contribution in [3.05, 3.63) is 136 Å². The van der Waals surface area contributed by atoms with E-state index in [1.165, 1.54) is 27.3 Å². The van der Waals surface area contributed by atoms with E-state index in [1.807, 2.05) is 36.5 Å². The summed E-state index contributed by atoms with van der Waals surface area (Å²) >= 11 is 0. The first kappa shape index (κ1) is 38.4. The average Bonchev–Trinajstić information content (AvgIpc) is 4.12. The molecule has 11 rings (SSSR count). The Morgan fingerprint density at radius 2 is 1.43 bits per heavy atom. The number of rotatable bonds is 8. The number of anilines is 2. The molecule has 0 aliphatic carbocycles. The molecule has 310 valence electrons. The Labute approximate surface area is 345 Å². The highest BCUT2D eigenvalue weighted by atomic mass is 19.4. The number of aliphatic hydroxyl groups is 1. The van der Waals surface area contributed by atoms with E-state index in [0.717, 1.165) is 66.6 Å². The van der Waals surface area contributed by atoms with Gasteiger partial charge in [0.1, 0.15) is 41.6 Å². The number of nitrogens with zero attached hydrogens (tertiary/aromatic N) is 3. The largest absolute Gasteiger partial charge is 0.493 e. The summed E-state index contributed by atoms with van der Waals surface area (Å²) < 4.78 is 67.8. The minimum atomic E-state index is -4.72. The maximum Gasteiger partial charge on any atom is 0.414 e. The van der Waals surface area contributed by atoms with Crippen LogP contribution >= 0.6 is 0 Å². The van der Waals surface area contributed by atoms with Crippen LogP contribution < -0.4 is 28.7 Å². The third-order valence-corrected chi connectivity index (χ3v) is 12.7. The molecule has 60 heavy (non-hydrogen) atoms. The van der Waals surface area contributed by atoms with E-state index in [-0.39, 0.29) is 30.6 Å². The number of hydrogen-bond donors (Lipinski definition) is 1. The van der Waals surface area contributed by atoms with Crippen molar-refractivity contribution in [2.75, 3.05) is 55.9 Å². The Morgan fingerprint density at radius 3 is 2.15 bits per heavy atom. The number of amides is 1. The Hall–Kier alpha value is -5.79. The Kier molecular flexibility index (Phi) is 9.43. The molecule has 2 spiro atoms. The van der Waals surface area contributed by atoms with Crippen LogP contribution in [0.2, 0.25) is 0 Å². The number of aromatic nitrogens is 1. The lowest BCUT2D eigenvalue weighted by Crippen LogP contribution is -2.44. The molecular formula is C47H44F3N3O7. The number of carbonyl (C=O) groups excluding carboxylic acids is 1. The van der Waals surface area contributed by atoms with Gasteiger partial charge in [-0.1, -0.05) is 42.5 Å². The lowest BCUT2D eigenvalue weighted by Gasteiger charge is -2.27. The minimum Gasteiger partial charge on any atom is -0.493 e. The fraction of sp³-hybridized carbons (Fsp3) is 0.362. The van der Waals surface area contributed by atoms with Crippen LogP contribution in [-0.4, -0.2) is 80.4 Å². The van der Waals surface area contributed by atoms with Crippen molar-refractivity contribution in [1.29, 1.82) is 0 Å². The van der Waals surface area contributed by atoms with Gasteiger partial charge in [0.25, 0.3) is 0 Å². The summed E-state index contributed by atoms with van der Waals surface area (Å²) in [6.45, 7) is 6.24. The second-order valence-electron chi connectivity index (χ2n) is 16.3. The molecule has 1 N–H and O–H groups in total. The summed E-state index contributed by atoms with van der Waals surface area (Å²) in [5.74, 6) is 2.92. The molecular weight excluding hydrogens is 776 g/mol. The quantitative estimate of drug-likeness (QED) is 0.176. The fourth-order valence-corrected chi connectivity index (χ4v) is 9.70. The molecule has 13 heteroatoms. The first-order valence-corrected chi connectivity index (χ1v) is 20.4. The molecule has 10 nitrogen and oxygen atoms in total. The second-order valence-corrected chi connectivity index (χ2v) is 16.3. The molecule has 5 aromatic rings. The van der Waals surface area contributed by atoms with Gasteiger partial charge in [0.05, 0.1) is 37.0 Å². The predicted octanol–water partition coefficient (Wildman–Crippen LogP) is 7.08. The number of pyridine rings is 1. The van der Waals surface area contributed by atoms with Crippen molar-refractivity contribution in [3.8, 4) is 23.0 Å². The van der Waals surface area contributed by atoms with Crippen molar-refractivity contribution >= 4 is 17.3 Å². The number of para-hydroxylation sites is 2. The fourth-order valence-electron chi connectivity index (χ4n) is 9.70. The van der Waals surface area contributed by atoms with E-state index in [9.17, 15) is 23.1 Å². The Morgan fingerprint density at radius 1 is 0.783 bits per heavy atom. The molecule has 0 fully saturated rings. The molecule has 0 radical (unpaired) electrons. The number of halogens is 3. The van der Waals surface area contributed by atoms with Crippen molar-refractivity contribution in [3.63, 3.8) is 0 Å². The van der Waals surface area contributed by atoms with E-state index < -0.39 is 24.1 Å². The first-order chi connectivity index (χ1) is 29.0. The van der Waals surface area contributed by atoms with Crippen LogP contribution in [0.1, 0.15) is 52.4 Å². The lowest BCUT2D eigenvalue weighted by atomic mass is 9.76. The number of fused-ring (bicyclic) bond motifs is 10. The summed E-state index contributed by atoms with van der Waals surface area (Å²) in [6.07, 6.45) is -4.19. The number of hydrogen-bond acceptors (Lipinski definition) is 9. The van der Waals surface area contributed by atoms with E-state index in [1.54, 1.807) is 24.3 Å². The maximum absolute atomic E-state index is 13.6. The van der Waals surface area contributed by atoms with E-state index in [4.69, 9.17) is 23.7 Å². The summed E-state index contributed by atoms with van der Waals surface area (Å²) in [5.41, 5.74) is 7.94. The van der Waals surface area contributed by atoms with Crippen LogP contribution in [0.4, 0.5) is 24.5 Å². The molecule has 0 bridgehead atoms. The van der Waals surface area contributed by atoms with Gasteiger partial charge in [-0.15, -0.1) is 0 Å². The third kappa shape index (κ3) is 6.32.